The van der Waals surface area contributed by atoms with Crippen molar-refractivity contribution >= 4 is 21.8 Å². The average Bonchev–Trinajstić information content (AvgIpc) is 3.19. The number of hydrogen-bond acceptors (Lipinski definition) is 4. The number of fused-ring (bicyclic) bond motifs is 3. The maximum absolute atomic E-state index is 5.48. The molecule has 0 aliphatic rings. The number of hydrogen-bond donors (Lipinski definition) is 0. The molecule has 0 aliphatic heterocycles. The Hall–Kier alpha value is -3.86. The summed E-state index contributed by atoms with van der Waals surface area (Å²) < 4.78 is 12.8. The lowest BCUT2D eigenvalue weighted by molar-refractivity contribution is 0.414. The van der Waals surface area contributed by atoms with Crippen LogP contribution in [0.15, 0.2) is 72.9 Å². The lowest BCUT2D eigenvalue weighted by atomic mass is 10.1. The Morgan fingerprint density at radius 3 is 2.17 bits per heavy atom. The van der Waals surface area contributed by atoms with E-state index in [2.05, 4.69) is 31.2 Å². The summed E-state index contributed by atoms with van der Waals surface area (Å²) >= 11 is 0. The van der Waals surface area contributed by atoms with Crippen LogP contribution in [0.1, 0.15) is 5.56 Å². The van der Waals surface area contributed by atoms with E-state index in [9.17, 15) is 0 Å². The Kier molecular flexibility index (Phi) is 4.36. The summed E-state index contributed by atoms with van der Waals surface area (Å²) in [6.45, 7) is 2.08. The Balaban J connectivity index is 1.85. The molecule has 0 unspecified atom stereocenters. The van der Waals surface area contributed by atoms with Crippen LogP contribution in [0.5, 0.6) is 11.5 Å². The standard InChI is InChI=1S/C25H21N3O2/c1-16-4-6-17(7-5-16)24-22-15-26-23-13-12-20(30-3)14-21(23)25(22)28(27-24)18-8-10-19(29-2)11-9-18/h4-15H,1-3H3. The monoisotopic (exact) mass is 395 g/mol. The Bertz CT molecular complexity index is 1350. The second kappa shape index (κ2) is 7.19. The number of ether oxygens (including phenoxy) is 2. The van der Waals surface area contributed by atoms with E-state index in [1.54, 1.807) is 14.2 Å². The van der Waals surface area contributed by atoms with Crippen molar-refractivity contribution in [1.29, 1.82) is 0 Å². The van der Waals surface area contributed by atoms with Crippen molar-refractivity contribution in [3.05, 3.63) is 78.5 Å². The summed E-state index contributed by atoms with van der Waals surface area (Å²) in [5, 5.41) is 7.01. The van der Waals surface area contributed by atoms with Gasteiger partial charge in [0.1, 0.15) is 17.2 Å². The minimum absolute atomic E-state index is 0.788. The second-order valence-electron chi connectivity index (χ2n) is 7.23. The van der Waals surface area contributed by atoms with E-state index in [0.717, 1.165) is 50.2 Å². The van der Waals surface area contributed by atoms with Crippen molar-refractivity contribution < 1.29 is 9.47 Å². The summed E-state index contributed by atoms with van der Waals surface area (Å²) in [6, 6.07) is 22.2. The molecule has 0 aliphatic carbocycles. The lowest BCUT2D eigenvalue weighted by Crippen LogP contribution is -1.97. The van der Waals surface area contributed by atoms with Crippen molar-refractivity contribution in [2.75, 3.05) is 14.2 Å². The fourth-order valence-corrected chi connectivity index (χ4v) is 3.72. The molecule has 0 N–H and O–H groups in total. The highest BCUT2D eigenvalue weighted by molar-refractivity contribution is 6.09. The van der Waals surface area contributed by atoms with Gasteiger partial charge in [-0.2, -0.15) is 5.10 Å². The van der Waals surface area contributed by atoms with Gasteiger partial charge in [-0.1, -0.05) is 29.8 Å². The van der Waals surface area contributed by atoms with E-state index in [-0.39, 0.29) is 0 Å². The largest absolute Gasteiger partial charge is 0.497 e. The molecule has 30 heavy (non-hydrogen) atoms. The van der Waals surface area contributed by atoms with E-state index >= 15 is 0 Å². The molecule has 5 heteroatoms. The summed E-state index contributed by atoms with van der Waals surface area (Å²) in [4.78, 5) is 4.69. The van der Waals surface area contributed by atoms with Gasteiger partial charge in [0.05, 0.1) is 30.9 Å². The minimum atomic E-state index is 0.788. The van der Waals surface area contributed by atoms with E-state index in [4.69, 9.17) is 19.6 Å². The highest BCUT2D eigenvalue weighted by Gasteiger charge is 2.17. The third kappa shape index (κ3) is 2.95. The molecule has 5 rings (SSSR count). The zero-order valence-electron chi connectivity index (χ0n) is 17.1. The van der Waals surface area contributed by atoms with Gasteiger partial charge in [0.25, 0.3) is 0 Å². The maximum atomic E-state index is 5.48. The van der Waals surface area contributed by atoms with Crippen molar-refractivity contribution in [3.63, 3.8) is 0 Å². The fraction of sp³-hybridized carbons (Fsp3) is 0.120. The molecule has 2 heterocycles. The second-order valence-corrected chi connectivity index (χ2v) is 7.23. The van der Waals surface area contributed by atoms with Gasteiger partial charge >= 0.3 is 0 Å². The van der Waals surface area contributed by atoms with Gasteiger partial charge in [-0.05, 0) is 49.4 Å². The third-order valence-electron chi connectivity index (χ3n) is 5.36. The zero-order valence-corrected chi connectivity index (χ0v) is 17.1. The highest BCUT2D eigenvalue weighted by atomic mass is 16.5. The first-order valence-electron chi connectivity index (χ1n) is 9.75. The van der Waals surface area contributed by atoms with Gasteiger partial charge in [0.15, 0.2) is 0 Å². The number of pyridine rings is 1. The van der Waals surface area contributed by atoms with Crippen LogP contribution in [-0.4, -0.2) is 29.0 Å². The van der Waals surface area contributed by atoms with Gasteiger partial charge < -0.3 is 9.47 Å². The topological polar surface area (TPSA) is 49.2 Å². The predicted octanol–water partition coefficient (Wildman–Crippen LogP) is 5.57. The lowest BCUT2D eigenvalue weighted by Gasteiger charge is -2.08. The van der Waals surface area contributed by atoms with Crippen LogP contribution in [0.2, 0.25) is 0 Å². The number of rotatable bonds is 4. The normalized spacial score (nSPS) is 11.2. The summed E-state index contributed by atoms with van der Waals surface area (Å²) in [5.74, 6) is 1.60. The summed E-state index contributed by atoms with van der Waals surface area (Å²) in [7, 11) is 3.34. The molecule has 0 amide bonds. The number of aryl methyl sites for hydroxylation is 1. The van der Waals surface area contributed by atoms with Crippen LogP contribution >= 0.6 is 0 Å². The summed E-state index contributed by atoms with van der Waals surface area (Å²) in [6.07, 6.45) is 1.91. The van der Waals surface area contributed by atoms with Crippen molar-refractivity contribution in [2.45, 2.75) is 6.92 Å². The van der Waals surface area contributed by atoms with Gasteiger partial charge in [0, 0.05) is 22.5 Å². The van der Waals surface area contributed by atoms with Crippen LogP contribution in [0.3, 0.4) is 0 Å². The Morgan fingerprint density at radius 2 is 1.47 bits per heavy atom. The molecule has 3 aromatic carbocycles. The number of nitrogens with zero attached hydrogens (tertiary/aromatic N) is 3. The van der Waals surface area contributed by atoms with Gasteiger partial charge in [-0.15, -0.1) is 0 Å². The summed E-state index contributed by atoms with van der Waals surface area (Å²) in [5.41, 5.74) is 6.02. The fourth-order valence-electron chi connectivity index (χ4n) is 3.72. The molecule has 0 saturated carbocycles. The molecule has 0 spiro atoms. The average molecular weight is 395 g/mol. The van der Waals surface area contributed by atoms with E-state index in [0.29, 0.717) is 0 Å². The van der Waals surface area contributed by atoms with Gasteiger partial charge in [0.2, 0.25) is 0 Å². The molecule has 148 valence electrons. The van der Waals surface area contributed by atoms with Crippen molar-refractivity contribution in [2.24, 2.45) is 0 Å². The number of aromatic nitrogens is 3. The molecular weight excluding hydrogens is 374 g/mol. The zero-order chi connectivity index (χ0) is 20.7. The number of methoxy groups -OCH3 is 2. The molecular formula is C25H21N3O2. The molecule has 2 aromatic heterocycles. The van der Waals surface area contributed by atoms with Gasteiger partial charge in [-0.3, -0.25) is 4.98 Å². The van der Waals surface area contributed by atoms with Crippen LogP contribution in [0.4, 0.5) is 0 Å². The van der Waals surface area contributed by atoms with Crippen LogP contribution in [-0.2, 0) is 0 Å². The first-order valence-corrected chi connectivity index (χ1v) is 9.75. The van der Waals surface area contributed by atoms with Crippen LogP contribution in [0, 0.1) is 6.92 Å². The van der Waals surface area contributed by atoms with Crippen LogP contribution in [0.25, 0.3) is 38.8 Å². The third-order valence-corrected chi connectivity index (χ3v) is 5.36. The maximum Gasteiger partial charge on any atom is 0.119 e. The molecule has 0 radical (unpaired) electrons. The molecule has 0 fully saturated rings. The Labute approximate surface area is 174 Å². The number of benzene rings is 3. The molecule has 5 nitrogen and oxygen atoms in total. The SMILES string of the molecule is COc1ccc(-n2nc(-c3ccc(C)cc3)c3cnc4ccc(OC)cc4c32)cc1. The Morgan fingerprint density at radius 1 is 0.767 bits per heavy atom. The smallest absolute Gasteiger partial charge is 0.119 e. The van der Waals surface area contributed by atoms with E-state index in [1.165, 1.54) is 5.56 Å². The molecule has 0 saturated heterocycles. The van der Waals surface area contributed by atoms with Crippen molar-refractivity contribution in [1.82, 2.24) is 14.8 Å². The van der Waals surface area contributed by atoms with Crippen LogP contribution < -0.4 is 9.47 Å². The first-order chi connectivity index (χ1) is 14.7. The molecule has 0 atom stereocenters. The molecule has 0 bridgehead atoms. The highest BCUT2D eigenvalue weighted by Crippen LogP contribution is 2.35. The van der Waals surface area contributed by atoms with E-state index < -0.39 is 0 Å². The quantitative estimate of drug-likeness (QED) is 0.399. The van der Waals surface area contributed by atoms with E-state index in [1.807, 2.05) is 53.3 Å². The molecule has 5 aromatic rings. The first kappa shape index (κ1) is 18.2. The van der Waals surface area contributed by atoms with Gasteiger partial charge in [-0.25, -0.2) is 4.68 Å². The van der Waals surface area contributed by atoms with Crippen molar-refractivity contribution in [3.8, 4) is 28.4 Å². The minimum Gasteiger partial charge on any atom is -0.497 e. The predicted molar refractivity (Wildman–Crippen MR) is 120 cm³/mol.